The van der Waals surface area contributed by atoms with E-state index in [9.17, 15) is 0 Å². The van der Waals surface area contributed by atoms with Crippen LogP contribution in [0.4, 0.5) is 5.82 Å². The predicted molar refractivity (Wildman–Crippen MR) is 90.4 cm³/mol. The largest absolute Gasteiger partial charge is 0.493 e. The molecule has 0 aliphatic heterocycles. The van der Waals surface area contributed by atoms with E-state index in [4.69, 9.17) is 15.2 Å². The van der Waals surface area contributed by atoms with E-state index in [1.807, 2.05) is 61.6 Å². The summed E-state index contributed by atoms with van der Waals surface area (Å²) >= 11 is 0. The second kappa shape index (κ2) is 6.44. The summed E-state index contributed by atoms with van der Waals surface area (Å²) in [5.74, 6) is 1.98. The Morgan fingerprint density at radius 3 is 2.48 bits per heavy atom. The van der Waals surface area contributed by atoms with Crippen molar-refractivity contribution in [3.8, 4) is 22.8 Å². The van der Waals surface area contributed by atoms with Crippen LogP contribution >= 0.6 is 0 Å². The van der Waals surface area contributed by atoms with Crippen LogP contribution in [0.3, 0.4) is 0 Å². The Balaban J connectivity index is 1.87. The third-order valence-electron chi connectivity index (χ3n) is 3.61. The van der Waals surface area contributed by atoms with Crippen molar-refractivity contribution >= 4 is 5.82 Å². The molecule has 0 spiro atoms. The lowest BCUT2D eigenvalue weighted by atomic mass is 10.1. The Hall–Kier alpha value is -2.95. The SMILES string of the molecule is COc1ccc(-c2cc(N)n(C)n2)cc1OCc1ccccc1. The number of aryl methyl sites for hydroxylation is 1. The van der Waals surface area contributed by atoms with E-state index in [0.29, 0.717) is 23.9 Å². The molecule has 3 rings (SSSR count). The summed E-state index contributed by atoms with van der Waals surface area (Å²) < 4.78 is 12.9. The smallest absolute Gasteiger partial charge is 0.162 e. The molecule has 3 aromatic rings. The molecule has 0 saturated carbocycles. The standard InChI is InChI=1S/C18H19N3O2/c1-21-18(19)11-15(20-21)14-8-9-16(22-2)17(10-14)23-12-13-6-4-3-5-7-13/h3-11H,12,19H2,1-2H3. The topological polar surface area (TPSA) is 62.3 Å². The average Bonchev–Trinajstić information content (AvgIpc) is 2.93. The molecule has 118 valence electrons. The van der Waals surface area contributed by atoms with Crippen molar-refractivity contribution in [1.82, 2.24) is 9.78 Å². The summed E-state index contributed by atoms with van der Waals surface area (Å²) in [6.07, 6.45) is 0. The molecular weight excluding hydrogens is 290 g/mol. The van der Waals surface area contributed by atoms with Gasteiger partial charge in [0.1, 0.15) is 12.4 Å². The van der Waals surface area contributed by atoms with Gasteiger partial charge in [-0.15, -0.1) is 0 Å². The molecule has 0 aliphatic rings. The Labute approximate surface area is 135 Å². The lowest BCUT2D eigenvalue weighted by molar-refractivity contribution is 0.284. The van der Waals surface area contributed by atoms with Crippen molar-refractivity contribution in [2.45, 2.75) is 6.61 Å². The fourth-order valence-electron chi connectivity index (χ4n) is 2.31. The molecule has 1 aromatic heterocycles. The zero-order valence-corrected chi connectivity index (χ0v) is 13.2. The first-order valence-corrected chi connectivity index (χ1v) is 7.32. The van der Waals surface area contributed by atoms with Gasteiger partial charge in [0.15, 0.2) is 11.5 Å². The number of benzene rings is 2. The van der Waals surface area contributed by atoms with Gasteiger partial charge in [0.05, 0.1) is 12.8 Å². The molecule has 1 heterocycles. The third-order valence-corrected chi connectivity index (χ3v) is 3.61. The van der Waals surface area contributed by atoms with Crippen LogP contribution in [0.2, 0.25) is 0 Å². The van der Waals surface area contributed by atoms with Gasteiger partial charge in [0.2, 0.25) is 0 Å². The number of rotatable bonds is 5. The Morgan fingerprint density at radius 2 is 1.83 bits per heavy atom. The van der Waals surface area contributed by atoms with Crippen LogP contribution in [0, 0.1) is 0 Å². The first-order chi connectivity index (χ1) is 11.2. The van der Waals surface area contributed by atoms with Crippen LogP contribution in [0.5, 0.6) is 11.5 Å². The van der Waals surface area contributed by atoms with E-state index in [0.717, 1.165) is 16.8 Å². The molecule has 23 heavy (non-hydrogen) atoms. The van der Waals surface area contributed by atoms with Crippen molar-refractivity contribution in [2.75, 3.05) is 12.8 Å². The van der Waals surface area contributed by atoms with Crippen molar-refractivity contribution < 1.29 is 9.47 Å². The highest BCUT2D eigenvalue weighted by Crippen LogP contribution is 2.33. The highest BCUT2D eigenvalue weighted by Gasteiger charge is 2.10. The van der Waals surface area contributed by atoms with Gasteiger partial charge >= 0.3 is 0 Å². The number of nitrogen functional groups attached to an aromatic ring is 1. The molecule has 5 heteroatoms. The number of ether oxygens (including phenoxy) is 2. The molecule has 0 fully saturated rings. The van der Waals surface area contributed by atoms with Crippen LogP contribution in [0.15, 0.2) is 54.6 Å². The number of methoxy groups -OCH3 is 1. The molecule has 0 amide bonds. The maximum absolute atomic E-state index is 5.92. The number of nitrogens with two attached hydrogens (primary N) is 1. The van der Waals surface area contributed by atoms with Gasteiger partial charge in [0, 0.05) is 18.7 Å². The minimum atomic E-state index is 0.477. The normalized spacial score (nSPS) is 10.5. The van der Waals surface area contributed by atoms with Crippen molar-refractivity contribution in [3.63, 3.8) is 0 Å². The highest BCUT2D eigenvalue weighted by molar-refractivity contribution is 5.66. The summed E-state index contributed by atoms with van der Waals surface area (Å²) in [5, 5.41) is 4.39. The molecule has 0 saturated heterocycles. The summed E-state index contributed by atoms with van der Waals surface area (Å²) in [5.41, 5.74) is 8.69. The Morgan fingerprint density at radius 1 is 1.04 bits per heavy atom. The van der Waals surface area contributed by atoms with Crippen molar-refractivity contribution in [1.29, 1.82) is 0 Å². The minimum Gasteiger partial charge on any atom is -0.493 e. The number of aromatic nitrogens is 2. The van der Waals surface area contributed by atoms with Gasteiger partial charge in [-0.05, 0) is 23.8 Å². The molecule has 0 atom stereocenters. The van der Waals surface area contributed by atoms with E-state index >= 15 is 0 Å². The fraction of sp³-hybridized carbons (Fsp3) is 0.167. The molecule has 5 nitrogen and oxygen atoms in total. The van der Waals surface area contributed by atoms with E-state index < -0.39 is 0 Å². The first kappa shape index (κ1) is 15.0. The minimum absolute atomic E-state index is 0.477. The summed E-state index contributed by atoms with van der Waals surface area (Å²) in [6, 6.07) is 17.6. The van der Waals surface area contributed by atoms with E-state index in [2.05, 4.69) is 5.10 Å². The molecule has 0 unspecified atom stereocenters. The number of anilines is 1. The highest BCUT2D eigenvalue weighted by atomic mass is 16.5. The van der Waals surface area contributed by atoms with Gasteiger partial charge in [-0.2, -0.15) is 5.10 Å². The van der Waals surface area contributed by atoms with Gasteiger partial charge in [0.25, 0.3) is 0 Å². The maximum atomic E-state index is 5.92. The number of hydrogen-bond acceptors (Lipinski definition) is 4. The third kappa shape index (κ3) is 3.29. The Bertz CT molecular complexity index is 778. The van der Waals surface area contributed by atoms with Crippen LogP contribution < -0.4 is 15.2 Å². The van der Waals surface area contributed by atoms with Gasteiger partial charge < -0.3 is 15.2 Å². The van der Waals surface area contributed by atoms with Crippen LogP contribution in [0.25, 0.3) is 11.3 Å². The van der Waals surface area contributed by atoms with E-state index in [1.54, 1.807) is 11.8 Å². The molecular formula is C18H19N3O2. The van der Waals surface area contributed by atoms with E-state index in [-0.39, 0.29) is 0 Å². The van der Waals surface area contributed by atoms with E-state index in [1.165, 1.54) is 0 Å². The van der Waals surface area contributed by atoms with Crippen LogP contribution in [0.1, 0.15) is 5.56 Å². The number of hydrogen-bond donors (Lipinski definition) is 1. The van der Waals surface area contributed by atoms with Gasteiger partial charge in [-0.3, -0.25) is 4.68 Å². The van der Waals surface area contributed by atoms with Gasteiger partial charge in [-0.25, -0.2) is 0 Å². The monoisotopic (exact) mass is 309 g/mol. The zero-order valence-electron chi connectivity index (χ0n) is 13.2. The van der Waals surface area contributed by atoms with Crippen molar-refractivity contribution in [3.05, 3.63) is 60.2 Å². The van der Waals surface area contributed by atoms with Crippen LogP contribution in [-0.2, 0) is 13.7 Å². The summed E-state index contributed by atoms with van der Waals surface area (Å²) in [7, 11) is 3.44. The molecule has 2 aromatic carbocycles. The maximum Gasteiger partial charge on any atom is 0.162 e. The van der Waals surface area contributed by atoms with Gasteiger partial charge in [-0.1, -0.05) is 30.3 Å². The lowest BCUT2D eigenvalue weighted by Gasteiger charge is -2.12. The second-order valence-electron chi connectivity index (χ2n) is 5.22. The molecule has 0 bridgehead atoms. The average molecular weight is 309 g/mol. The van der Waals surface area contributed by atoms with Crippen LogP contribution in [-0.4, -0.2) is 16.9 Å². The molecule has 2 N–H and O–H groups in total. The number of nitrogens with zero attached hydrogens (tertiary/aromatic N) is 2. The predicted octanol–water partition coefficient (Wildman–Crippen LogP) is 3.26. The summed E-state index contributed by atoms with van der Waals surface area (Å²) in [4.78, 5) is 0. The summed E-state index contributed by atoms with van der Waals surface area (Å²) in [6.45, 7) is 0.477. The second-order valence-corrected chi connectivity index (χ2v) is 5.22. The molecule has 0 radical (unpaired) electrons. The quantitative estimate of drug-likeness (QED) is 0.786. The molecule has 0 aliphatic carbocycles. The fourth-order valence-corrected chi connectivity index (χ4v) is 2.31. The first-order valence-electron chi connectivity index (χ1n) is 7.32. The van der Waals surface area contributed by atoms with Crippen molar-refractivity contribution in [2.24, 2.45) is 7.05 Å². The zero-order chi connectivity index (χ0) is 16.2. The lowest BCUT2D eigenvalue weighted by Crippen LogP contribution is -1.98. The Kier molecular flexibility index (Phi) is 4.19.